The number of likely N-dealkylation sites (N-methyl/N-ethyl adjacent to an activating group) is 1. The Morgan fingerprint density at radius 3 is 2.50 bits per heavy atom. The maximum Gasteiger partial charge on any atom is 0.387 e. The number of hydrogen-bond donors (Lipinski definition) is 1. The summed E-state index contributed by atoms with van der Waals surface area (Å²) >= 11 is 0. The Kier molecular flexibility index (Phi) is 6.05. The largest absolute Gasteiger partial charge is 0.427 e. The van der Waals surface area contributed by atoms with Crippen LogP contribution >= 0.6 is 0 Å². The molecule has 0 bridgehead atoms. The van der Waals surface area contributed by atoms with Crippen molar-refractivity contribution in [2.75, 3.05) is 23.8 Å². The monoisotopic (exact) mass is 365 g/mol. The summed E-state index contributed by atoms with van der Waals surface area (Å²) in [5, 5.41) is 13.6. The van der Waals surface area contributed by atoms with Crippen LogP contribution in [-0.4, -0.2) is 31.0 Å². The first-order chi connectivity index (χ1) is 12.3. The van der Waals surface area contributed by atoms with Crippen molar-refractivity contribution in [2.24, 2.45) is 0 Å². The van der Waals surface area contributed by atoms with E-state index in [4.69, 9.17) is 0 Å². The molecular formula is C17H17F2N3O4. The van der Waals surface area contributed by atoms with Gasteiger partial charge in [0.2, 0.25) is 11.7 Å². The van der Waals surface area contributed by atoms with Crippen molar-refractivity contribution in [3.63, 3.8) is 0 Å². The van der Waals surface area contributed by atoms with Crippen molar-refractivity contribution in [3.05, 3.63) is 58.1 Å². The average molecular weight is 365 g/mol. The third kappa shape index (κ3) is 5.13. The van der Waals surface area contributed by atoms with E-state index in [0.29, 0.717) is 11.4 Å². The summed E-state index contributed by atoms with van der Waals surface area (Å²) in [7, 11) is 1.56. The standard InChI is InChI=1S/C17H17F2N3O4/c1-11-3-5-12(6-4-11)20-16(23)10-21(2)13-7-8-14(22(24)25)15(9-13)26-17(18)19/h3-9,17H,10H2,1-2H3,(H,20,23). The van der Waals surface area contributed by atoms with Crippen molar-refractivity contribution in [1.82, 2.24) is 0 Å². The third-order valence-corrected chi connectivity index (χ3v) is 3.51. The smallest absolute Gasteiger partial charge is 0.387 e. The van der Waals surface area contributed by atoms with Crippen LogP contribution in [0.25, 0.3) is 0 Å². The molecule has 0 aliphatic heterocycles. The summed E-state index contributed by atoms with van der Waals surface area (Å²) < 4.78 is 29.1. The quantitative estimate of drug-likeness (QED) is 0.599. The van der Waals surface area contributed by atoms with E-state index in [9.17, 15) is 23.7 Å². The van der Waals surface area contributed by atoms with Gasteiger partial charge in [0.05, 0.1) is 11.5 Å². The molecule has 0 saturated carbocycles. The van der Waals surface area contributed by atoms with Gasteiger partial charge in [-0.25, -0.2) is 0 Å². The van der Waals surface area contributed by atoms with Gasteiger partial charge >= 0.3 is 12.3 Å². The van der Waals surface area contributed by atoms with Gasteiger partial charge in [-0.15, -0.1) is 0 Å². The number of benzene rings is 2. The molecule has 0 saturated heterocycles. The Morgan fingerprint density at radius 2 is 1.92 bits per heavy atom. The molecule has 0 unspecified atom stereocenters. The molecule has 0 radical (unpaired) electrons. The van der Waals surface area contributed by atoms with E-state index in [1.54, 1.807) is 19.2 Å². The van der Waals surface area contributed by atoms with Crippen LogP contribution in [-0.2, 0) is 4.79 Å². The highest BCUT2D eigenvalue weighted by atomic mass is 19.3. The van der Waals surface area contributed by atoms with Crippen molar-refractivity contribution in [1.29, 1.82) is 0 Å². The first-order valence-corrected chi connectivity index (χ1v) is 7.57. The van der Waals surface area contributed by atoms with Gasteiger partial charge in [0, 0.05) is 30.6 Å². The maximum atomic E-state index is 12.5. The fraction of sp³-hybridized carbons (Fsp3) is 0.235. The highest BCUT2D eigenvalue weighted by Gasteiger charge is 2.20. The molecule has 7 nitrogen and oxygen atoms in total. The molecule has 0 heterocycles. The van der Waals surface area contributed by atoms with Crippen LogP contribution in [0.15, 0.2) is 42.5 Å². The summed E-state index contributed by atoms with van der Waals surface area (Å²) in [6.07, 6.45) is 0. The maximum absolute atomic E-state index is 12.5. The van der Waals surface area contributed by atoms with Crippen LogP contribution in [0.5, 0.6) is 5.75 Å². The number of alkyl halides is 2. The summed E-state index contributed by atoms with van der Waals surface area (Å²) in [4.78, 5) is 23.6. The Balaban J connectivity index is 2.10. The van der Waals surface area contributed by atoms with Crippen molar-refractivity contribution in [2.45, 2.75) is 13.5 Å². The lowest BCUT2D eigenvalue weighted by Gasteiger charge is -2.19. The summed E-state index contributed by atoms with van der Waals surface area (Å²) in [6, 6.07) is 10.7. The minimum absolute atomic E-state index is 0.0835. The minimum atomic E-state index is -3.20. The lowest BCUT2D eigenvalue weighted by molar-refractivity contribution is -0.386. The molecule has 0 fully saturated rings. The Morgan fingerprint density at radius 1 is 1.27 bits per heavy atom. The zero-order valence-electron chi connectivity index (χ0n) is 14.1. The van der Waals surface area contributed by atoms with Gasteiger partial charge in [0.15, 0.2) is 0 Å². The highest BCUT2D eigenvalue weighted by molar-refractivity contribution is 5.94. The van der Waals surface area contributed by atoms with E-state index in [1.165, 1.54) is 11.0 Å². The van der Waals surface area contributed by atoms with Crippen molar-refractivity contribution >= 4 is 23.0 Å². The topological polar surface area (TPSA) is 84.7 Å². The van der Waals surface area contributed by atoms with E-state index in [-0.39, 0.29) is 12.5 Å². The number of hydrogen-bond acceptors (Lipinski definition) is 5. The number of carbonyl (C=O) groups is 1. The molecular weight excluding hydrogens is 348 g/mol. The zero-order valence-corrected chi connectivity index (χ0v) is 14.1. The SMILES string of the molecule is Cc1ccc(NC(=O)CN(C)c2ccc([N+](=O)[O-])c(OC(F)F)c2)cc1. The number of anilines is 2. The Bertz CT molecular complexity index is 797. The third-order valence-electron chi connectivity index (χ3n) is 3.51. The van der Waals surface area contributed by atoms with Gasteiger partial charge in [0.1, 0.15) is 0 Å². The van der Waals surface area contributed by atoms with E-state index in [0.717, 1.165) is 17.7 Å². The van der Waals surface area contributed by atoms with Crippen molar-refractivity contribution < 1.29 is 23.2 Å². The minimum Gasteiger partial charge on any atom is -0.427 e. The second-order valence-electron chi connectivity index (χ2n) is 5.56. The molecule has 0 aliphatic rings. The molecule has 9 heteroatoms. The molecule has 1 N–H and O–H groups in total. The van der Waals surface area contributed by atoms with Crippen molar-refractivity contribution in [3.8, 4) is 5.75 Å². The second kappa shape index (κ2) is 8.24. The summed E-state index contributed by atoms with van der Waals surface area (Å²) in [5.41, 5.74) is 1.42. The Labute approximate surface area is 148 Å². The normalized spacial score (nSPS) is 10.5. The number of nitrogens with one attached hydrogen (secondary N) is 1. The van der Waals surface area contributed by atoms with Crippen LogP contribution in [0.3, 0.4) is 0 Å². The van der Waals surface area contributed by atoms with Gasteiger partial charge < -0.3 is 15.0 Å². The fourth-order valence-electron chi connectivity index (χ4n) is 2.23. The molecule has 2 aromatic carbocycles. The number of nitro groups is 1. The molecule has 0 aliphatic carbocycles. The molecule has 2 aromatic rings. The van der Waals surface area contributed by atoms with E-state index in [1.807, 2.05) is 19.1 Å². The van der Waals surface area contributed by atoms with Gasteiger partial charge in [-0.1, -0.05) is 17.7 Å². The van der Waals surface area contributed by atoms with E-state index < -0.39 is 23.0 Å². The fourth-order valence-corrected chi connectivity index (χ4v) is 2.23. The number of nitrogens with zero attached hydrogens (tertiary/aromatic N) is 2. The summed E-state index contributed by atoms with van der Waals surface area (Å²) in [5.74, 6) is -0.890. The molecule has 0 spiro atoms. The zero-order chi connectivity index (χ0) is 19.3. The lowest BCUT2D eigenvalue weighted by atomic mass is 10.2. The van der Waals surface area contributed by atoms with Gasteiger partial charge in [0.25, 0.3) is 0 Å². The molecule has 1 amide bonds. The molecule has 138 valence electrons. The predicted molar refractivity (Wildman–Crippen MR) is 92.8 cm³/mol. The van der Waals surface area contributed by atoms with Gasteiger partial charge in [-0.05, 0) is 25.1 Å². The number of ether oxygens (including phenoxy) is 1. The molecule has 2 rings (SSSR count). The highest BCUT2D eigenvalue weighted by Crippen LogP contribution is 2.32. The van der Waals surface area contributed by atoms with Crippen LogP contribution in [0, 0.1) is 17.0 Å². The number of nitro benzene ring substituents is 1. The molecule has 26 heavy (non-hydrogen) atoms. The predicted octanol–water partition coefficient (Wildman–Crippen LogP) is 3.58. The average Bonchev–Trinajstić information content (AvgIpc) is 2.56. The van der Waals surface area contributed by atoms with Crippen LogP contribution in [0.4, 0.5) is 25.8 Å². The van der Waals surface area contributed by atoms with E-state index in [2.05, 4.69) is 10.1 Å². The van der Waals surface area contributed by atoms with Gasteiger partial charge in [-0.3, -0.25) is 14.9 Å². The van der Waals surface area contributed by atoms with Crippen LogP contribution in [0.1, 0.15) is 5.56 Å². The van der Waals surface area contributed by atoms with Crippen LogP contribution < -0.4 is 15.0 Å². The number of aryl methyl sites for hydroxylation is 1. The second-order valence-corrected chi connectivity index (χ2v) is 5.56. The number of carbonyl (C=O) groups excluding carboxylic acids is 1. The first-order valence-electron chi connectivity index (χ1n) is 7.57. The molecule has 0 aromatic heterocycles. The number of halogens is 2. The number of rotatable bonds is 7. The lowest BCUT2D eigenvalue weighted by Crippen LogP contribution is -2.30. The molecule has 0 atom stereocenters. The van der Waals surface area contributed by atoms with Gasteiger partial charge in [-0.2, -0.15) is 8.78 Å². The van der Waals surface area contributed by atoms with E-state index >= 15 is 0 Å². The van der Waals surface area contributed by atoms with Crippen LogP contribution in [0.2, 0.25) is 0 Å². The number of amides is 1. The summed E-state index contributed by atoms with van der Waals surface area (Å²) in [6.45, 7) is -1.36. The first kappa shape index (κ1) is 19.1. The Hall–Kier alpha value is -3.23.